The second kappa shape index (κ2) is 9.77. The summed E-state index contributed by atoms with van der Waals surface area (Å²) in [7, 11) is 1.58. The van der Waals surface area contributed by atoms with Gasteiger partial charge < -0.3 is 14.8 Å². The molecule has 4 rings (SSSR count). The molecule has 4 aromatic rings. The fourth-order valence-electron chi connectivity index (χ4n) is 2.74. The van der Waals surface area contributed by atoms with E-state index in [2.05, 4.69) is 15.3 Å². The van der Waals surface area contributed by atoms with Crippen molar-refractivity contribution in [3.63, 3.8) is 0 Å². The quantitative estimate of drug-likeness (QED) is 0.407. The Morgan fingerprint density at radius 2 is 1.65 bits per heavy atom. The molecule has 6 nitrogen and oxygen atoms in total. The van der Waals surface area contributed by atoms with E-state index in [1.165, 1.54) is 11.8 Å². The SMILES string of the molecule is COc1cccc(NC(=O)c2ccc(Oc3nccnc3Sc3ccccc3)cc2)c1. The van der Waals surface area contributed by atoms with Crippen LogP contribution in [-0.4, -0.2) is 23.0 Å². The van der Waals surface area contributed by atoms with Crippen molar-refractivity contribution in [2.24, 2.45) is 0 Å². The van der Waals surface area contributed by atoms with Gasteiger partial charge in [-0.05, 0) is 48.5 Å². The minimum atomic E-state index is -0.223. The molecule has 0 unspecified atom stereocenters. The number of anilines is 1. The molecule has 0 atom stereocenters. The Labute approximate surface area is 184 Å². The molecule has 7 heteroatoms. The Kier molecular flexibility index (Phi) is 6.44. The summed E-state index contributed by atoms with van der Waals surface area (Å²) in [6, 6.07) is 23.9. The summed E-state index contributed by atoms with van der Waals surface area (Å²) in [6.45, 7) is 0. The smallest absolute Gasteiger partial charge is 0.255 e. The number of benzene rings is 3. The molecular formula is C24H19N3O3S. The molecule has 0 radical (unpaired) electrons. The van der Waals surface area contributed by atoms with Gasteiger partial charge in [0.05, 0.1) is 7.11 Å². The monoisotopic (exact) mass is 429 g/mol. The van der Waals surface area contributed by atoms with Crippen molar-refractivity contribution in [1.82, 2.24) is 9.97 Å². The molecule has 154 valence electrons. The molecule has 0 bridgehead atoms. The fourth-order valence-corrected chi connectivity index (χ4v) is 3.55. The number of methoxy groups -OCH3 is 1. The molecule has 1 N–H and O–H groups in total. The van der Waals surface area contributed by atoms with Gasteiger partial charge in [-0.1, -0.05) is 36.0 Å². The lowest BCUT2D eigenvalue weighted by atomic mass is 10.2. The van der Waals surface area contributed by atoms with Gasteiger partial charge in [-0.25, -0.2) is 9.97 Å². The lowest BCUT2D eigenvalue weighted by Crippen LogP contribution is -2.11. The summed E-state index contributed by atoms with van der Waals surface area (Å²) in [5.41, 5.74) is 1.17. The van der Waals surface area contributed by atoms with Gasteiger partial charge in [0.25, 0.3) is 11.8 Å². The summed E-state index contributed by atoms with van der Waals surface area (Å²) >= 11 is 1.47. The molecule has 31 heavy (non-hydrogen) atoms. The van der Waals surface area contributed by atoms with Gasteiger partial charge >= 0.3 is 0 Å². The number of carbonyl (C=O) groups is 1. The zero-order valence-corrected chi connectivity index (χ0v) is 17.5. The van der Waals surface area contributed by atoms with E-state index in [4.69, 9.17) is 9.47 Å². The molecule has 3 aromatic carbocycles. The first-order valence-corrected chi connectivity index (χ1v) is 10.3. The summed E-state index contributed by atoms with van der Waals surface area (Å²) in [6.07, 6.45) is 3.21. The molecule has 1 aromatic heterocycles. The summed E-state index contributed by atoms with van der Waals surface area (Å²) in [5.74, 6) is 1.42. The second-order valence-electron chi connectivity index (χ2n) is 6.39. The molecule has 0 aliphatic carbocycles. The first-order valence-electron chi connectivity index (χ1n) is 9.48. The van der Waals surface area contributed by atoms with Crippen LogP contribution in [0.5, 0.6) is 17.4 Å². The first-order chi connectivity index (χ1) is 15.2. The van der Waals surface area contributed by atoms with Crippen LogP contribution in [0.25, 0.3) is 0 Å². The third-order valence-electron chi connectivity index (χ3n) is 4.25. The lowest BCUT2D eigenvalue weighted by molar-refractivity contribution is 0.102. The van der Waals surface area contributed by atoms with Crippen LogP contribution in [0.15, 0.2) is 101 Å². The number of nitrogens with zero attached hydrogens (tertiary/aromatic N) is 2. The van der Waals surface area contributed by atoms with Crippen LogP contribution < -0.4 is 14.8 Å². The molecule has 0 aliphatic heterocycles. The topological polar surface area (TPSA) is 73.3 Å². The molecule has 0 saturated carbocycles. The van der Waals surface area contributed by atoms with Gasteiger partial charge in [-0.15, -0.1) is 0 Å². The number of carbonyl (C=O) groups excluding carboxylic acids is 1. The average Bonchev–Trinajstić information content (AvgIpc) is 2.81. The van der Waals surface area contributed by atoms with E-state index < -0.39 is 0 Å². The zero-order chi connectivity index (χ0) is 21.5. The van der Waals surface area contributed by atoms with Gasteiger partial charge in [-0.3, -0.25) is 4.79 Å². The van der Waals surface area contributed by atoms with E-state index >= 15 is 0 Å². The van der Waals surface area contributed by atoms with E-state index in [0.717, 1.165) is 4.90 Å². The van der Waals surface area contributed by atoms with E-state index in [-0.39, 0.29) is 5.91 Å². The van der Waals surface area contributed by atoms with Crippen molar-refractivity contribution in [2.75, 3.05) is 12.4 Å². The van der Waals surface area contributed by atoms with Gasteiger partial charge in [0.1, 0.15) is 11.5 Å². The largest absolute Gasteiger partial charge is 0.497 e. The van der Waals surface area contributed by atoms with Crippen LogP contribution >= 0.6 is 11.8 Å². The highest BCUT2D eigenvalue weighted by atomic mass is 32.2. The molecule has 0 saturated heterocycles. The number of hydrogen-bond acceptors (Lipinski definition) is 6. The highest BCUT2D eigenvalue weighted by molar-refractivity contribution is 7.99. The van der Waals surface area contributed by atoms with Crippen molar-refractivity contribution in [3.05, 3.63) is 96.8 Å². The molecule has 0 fully saturated rings. The summed E-state index contributed by atoms with van der Waals surface area (Å²) in [4.78, 5) is 22.2. The lowest BCUT2D eigenvalue weighted by Gasteiger charge is -2.10. The van der Waals surface area contributed by atoms with E-state index in [1.807, 2.05) is 42.5 Å². The van der Waals surface area contributed by atoms with Crippen LogP contribution in [0.1, 0.15) is 10.4 Å². The summed E-state index contributed by atoms with van der Waals surface area (Å²) < 4.78 is 11.1. The maximum atomic E-state index is 12.5. The van der Waals surface area contributed by atoms with E-state index in [1.54, 1.807) is 55.9 Å². The van der Waals surface area contributed by atoms with Crippen LogP contribution in [0.3, 0.4) is 0 Å². The standard InChI is InChI=1S/C24H19N3O3S/c1-29-20-7-5-6-18(16-20)27-22(28)17-10-12-19(13-11-17)30-23-24(26-15-14-25-23)31-21-8-3-2-4-9-21/h2-16H,1H3,(H,27,28). The van der Waals surface area contributed by atoms with Crippen molar-refractivity contribution < 1.29 is 14.3 Å². The van der Waals surface area contributed by atoms with E-state index in [9.17, 15) is 4.79 Å². The second-order valence-corrected chi connectivity index (χ2v) is 7.46. The molecule has 1 heterocycles. The average molecular weight is 430 g/mol. The normalized spacial score (nSPS) is 10.4. The van der Waals surface area contributed by atoms with Crippen molar-refractivity contribution in [1.29, 1.82) is 0 Å². The molecule has 0 spiro atoms. The number of rotatable bonds is 7. The predicted octanol–water partition coefficient (Wildman–Crippen LogP) is 5.68. The number of amides is 1. The number of aromatic nitrogens is 2. The number of ether oxygens (including phenoxy) is 2. The first kappa shape index (κ1) is 20.4. The fraction of sp³-hybridized carbons (Fsp3) is 0.0417. The molecule has 0 aliphatic rings. The summed E-state index contributed by atoms with van der Waals surface area (Å²) in [5, 5.41) is 3.51. The van der Waals surface area contributed by atoms with Crippen molar-refractivity contribution in [3.8, 4) is 17.4 Å². The number of nitrogens with one attached hydrogen (secondary N) is 1. The maximum Gasteiger partial charge on any atom is 0.255 e. The van der Waals surface area contributed by atoms with Crippen LogP contribution in [-0.2, 0) is 0 Å². The molecule has 1 amide bonds. The predicted molar refractivity (Wildman–Crippen MR) is 120 cm³/mol. The van der Waals surface area contributed by atoms with Gasteiger partial charge in [-0.2, -0.15) is 0 Å². The van der Waals surface area contributed by atoms with Crippen molar-refractivity contribution >= 4 is 23.4 Å². The maximum absolute atomic E-state index is 12.5. The zero-order valence-electron chi connectivity index (χ0n) is 16.7. The Bertz CT molecular complexity index is 1170. The van der Waals surface area contributed by atoms with Gasteiger partial charge in [0, 0.05) is 34.6 Å². The van der Waals surface area contributed by atoms with Gasteiger partial charge in [0.15, 0.2) is 5.03 Å². The van der Waals surface area contributed by atoms with Crippen molar-refractivity contribution in [2.45, 2.75) is 9.92 Å². The van der Waals surface area contributed by atoms with Crippen LogP contribution in [0, 0.1) is 0 Å². The number of hydrogen-bond donors (Lipinski definition) is 1. The van der Waals surface area contributed by atoms with Gasteiger partial charge in [0.2, 0.25) is 0 Å². The van der Waals surface area contributed by atoms with Crippen LogP contribution in [0.4, 0.5) is 5.69 Å². The Hall–Kier alpha value is -3.84. The minimum absolute atomic E-state index is 0.223. The Morgan fingerprint density at radius 1 is 0.871 bits per heavy atom. The highest BCUT2D eigenvalue weighted by Gasteiger charge is 2.11. The third kappa shape index (κ3) is 5.40. The molecular weight excluding hydrogens is 410 g/mol. The minimum Gasteiger partial charge on any atom is -0.497 e. The Balaban J connectivity index is 1.45. The Morgan fingerprint density at radius 3 is 2.42 bits per heavy atom. The highest BCUT2D eigenvalue weighted by Crippen LogP contribution is 2.33. The van der Waals surface area contributed by atoms with Crippen LogP contribution in [0.2, 0.25) is 0 Å². The van der Waals surface area contributed by atoms with E-state index in [0.29, 0.717) is 33.7 Å². The third-order valence-corrected chi connectivity index (χ3v) is 5.23.